The molecule has 1 aromatic rings. The standard InChI is InChI=1S/C9H12ClN3/c1-11-5-7-4-6-2-3-12-9(10)8(6)13-7/h2-3,7,11,13H,4-5H2,1H3. The van der Waals surface area contributed by atoms with Gasteiger partial charge in [-0.1, -0.05) is 11.6 Å². The van der Waals surface area contributed by atoms with Crippen LogP contribution < -0.4 is 10.6 Å². The van der Waals surface area contributed by atoms with E-state index in [1.165, 1.54) is 5.56 Å². The second-order valence-corrected chi connectivity index (χ2v) is 3.60. The van der Waals surface area contributed by atoms with E-state index >= 15 is 0 Å². The van der Waals surface area contributed by atoms with E-state index in [1.54, 1.807) is 6.20 Å². The van der Waals surface area contributed by atoms with Crippen LogP contribution in [-0.2, 0) is 6.42 Å². The van der Waals surface area contributed by atoms with Gasteiger partial charge in [0.1, 0.15) is 0 Å². The third-order valence-electron chi connectivity index (χ3n) is 2.26. The van der Waals surface area contributed by atoms with Gasteiger partial charge in [0.05, 0.1) is 5.69 Å². The number of halogens is 1. The molecule has 0 spiro atoms. The van der Waals surface area contributed by atoms with Crippen LogP contribution >= 0.6 is 11.6 Å². The highest BCUT2D eigenvalue weighted by molar-refractivity contribution is 6.32. The van der Waals surface area contributed by atoms with Gasteiger partial charge in [0.25, 0.3) is 0 Å². The Balaban J connectivity index is 2.20. The van der Waals surface area contributed by atoms with Gasteiger partial charge in [-0.3, -0.25) is 0 Å². The predicted octanol–water partition coefficient (Wildman–Crippen LogP) is 1.29. The van der Waals surface area contributed by atoms with Crippen LogP contribution in [0.15, 0.2) is 12.3 Å². The van der Waals surface area contributed by atoms with Gasteiger partial charge in [-0.15, -0.1) is 0 Å². The lowest BCUT2D eigenvalue weighted by Gasteiger charge is -2.09. The molecule has 0 bridgehead atoms. The van der Waals surface area contributed by atoms with Crippen molar-refractivity contribution in [2.75, 3.05) is 18.9 Å². The number of aromatic nitrogens is 1. The van der Waals surface area contributed by atoms with Crippen LogP contribution in [-0.4, -0.2) is 24.6 Å². The minimum atomic E-state index is 0.446. The Bertz CT molecular complexity index is 314. The van der Waals surface area contributed by atoms with Crippen molar-refractivity contribution in [3.05, 3.63) is 23.0 Å². The van der Waals surface area contributed by atoms with Crippen LogP contribution in [0.1, 0.15) is 5.56 Å². The molecule has 2 rings (SSSR count). The predicted molar refractivity (Wildman–Crippen MR) is 54.3 cm³/mol. The number of nitrogens with one attached hydrogen (secondary N) is 2. The average Bonchev–Trinajstić information content (AvgIpc) is 2.49. The normalized spacial score (nSPS) is 19.7. The lowest BCUT2D eigenvalue weighted by molar-refractivity contribution is 0.674. The fraction of sp³-hybridized carbons (Fsp3) is 0.444. The van der Waals surface area contributed by atoms with E-state index in [1.807, 2.05) is 13.1 Å². The molecular weight excluding hydrogens is 186 g/mol. The number of hydrogen-bond donors (Lipinski definition) is 2. The molecule has 1 aliphatic rings. The van der Waals surface area contributed by atoms with Crippen LogP contribution in [0.4, 0.5) is 5.69 Å². The minimum Gasteiger partial charge on any atom is -0.378 e. The van der Waals surface area contributed by atoms with Crippen LogP contribution in [0.2, 0.25) is 5.15 Å². The summed E-state index contributed by atoms with van der Waals surface area (Å²) in [6, 6.07) is 2.46. The molecule has 0 fully saturated rings. The maximum Gasteiger partial charge on any atom is 0.152 e. The Labute approximate surface area is 82.5 Å². The molecule has 4 heteroatoms. The molecule has 13 heavy (non-hydrogen) atoms. The molecule has 0 aliphatic carbocycles. The van der Waals surface area contributed by atoms with Crippen LogP contribution in [0.25, 0.3) is 0 Å². The van der Waals surface area contributed by atoms with Crippen molar-refractivity contribution in [1.82, 2.24) is 10.3 Å². The summed E-state index contributed by atoms with van der Waals surface area (Å²) < 4.78 is 0. The van der Waals surface area contributed by atoms with E-state index in [0.717, 1.165) is 18.7 Å². The quantitative estimate of drug-likeness (QED) is 0.702. The molecule has 1 aliphatic heterocycles. The van der Waals surface area contributed by atoms with E-state index in [-0.39, 0.29) is 0 Å². The zero-order valence-corrected chi connectivity index (χ0v) is 8.23. The smallest absolute Gasteiger partial charge is 0.152 e. The molecule has 0 radical (unpaired) electrons. The van der Waals surface area contributed by atoms with Crippen molar-refractivity contribution in [3.8, 4) is 0 Å². The van der Waals surface area contributed by atoms with E-state index in [0.29, 0.717) is 11.2 Å². The zero-order valence-electron chi connectivity index (χ0n) is 7.47. The van der Waals surface area contributed by atoms with Crippen molar-refractivity contribution in [3.63, 3.8) is 0 Å². The van der Waals surface area contributed by atoms with Crippen LogP contribution in [0, 0.1) is 0 Å². The number of likely N-dealkylation sites (N-methyl/N-ethyl adjacent to an activating group) is 1. The van der Waals surface area contributed by atoms with E-state index in [2.05, 4.69) is 15.6 Å². The topological polar surface area (TPSA) is 37.0 Å². The Morgan fingerprint density at radius 1 is 1.77 bits per heavy atom. The summed E-state index contributed by atoms with van der Waals surface area (Å²) in [6.45, 7) is 0.949. The van der Waals surface area contributed by atoms with Crippen molar-refractivity contribution in [2.24, 2.45) is 0 Å². The molecule has 0 amide bonds. The third kappa shape index (κ3) is 1.62. The highest BCUT2D eigenvalue weighted by atomic mass is 35.5. The maximum absolute atomic E-state index is 5.94. The first-order valence-electron chi connectivity index (χ1n) is 4.36. The first kappa shape index (κ1) is 8.78. The van der Waals surface area contributed by atoms with Crippen LogP contribution in [0.3, 0.4) is 0 Å². The van der Waals surface area contributed by atoms with Crippen LogP contribution in [0.5, 0.6) is 0 Å². The fourth-order valence-corrected chi connectivity index (χ4v) is 1.92. The number of hydrogen-bond acceptors (Lipinski definition) is 3. The Hall–Kier alpha value is -0.800. The van der Waals surface area contributed by atoms with Gasteiger partial charge in [-0.05, 0) is 25.1 Å². The van der Waals surface area contributed by atoms with E-state index in [4.69, 9.17) is 11.6 Å². The molecule has 3 nitrogen and oxygen atoms in total. The second-order valence-electron chi connectivity index (χ2n) is 3.24. The van der Waals surface area contributed by atoms with Gasteiger partial charge >= 0.3 is 0 Å². The number of anilines is 1. The lowest BCUT2D eigenvalue weighted by Crippen LogP contribution is -2.28. The summed E-state index contributed by atoms with van der Waals surface area (Å²) in [5.41, 5.74) is 2.27. The summed E-state index contributed by atoms with van der Waals surface area (Å²) in [6.07, 6.45) is 2.78. The van der Waals surface area contributed by atoms with Gasteiger partial charge in [0.2, 0.25) is 0 Å². The van der Waals surface area contributed by atoms with Gasteiger partial charge < -0.3 is 10.6 Å². The molecule has 0 aromatic carbocycles. The number of fused-ring (bicyclic) bond motifs is 1. The summed E-state index contributed by atoms with van der Waals surface area (Å²) in [7, 11) is 1.95. The molecule has 2 heterocycles. The molecule has 0 saturated heterocycles. The SMILES string of the molecule is CNCC1Cc2ccnc(Cl)c2N1. The van der Waals surface area contributed by atoms with Crippen molar-refractivity contribution in [1.29, 1.82) is 0 Å². The lowest BCUT2D eigenvalue weighted by atomic mass is 10.1. The summed E-state index contributed by atoms with van der Waals surface area (Å²) in [5, 5.41) is 7.06. The average molecular weight is 198 g/mol. The Morgan fingerprint density at radius 3 is 3.31 bits per heavy atom. The van der Waals surface area contributed by atoms with Gasteiger partial charge in [0, 0.05) is 18.8 Å². The molecule has 0 saturated carbocycles. The largest absolute Gasteiger partial charge is 0.378 e. The summed E-state index contributed by atoms with van der Waals surface area (Å²) in [5.74, 6) is 0. The molecule has 1 atom stereocenters. The Morgan fingerprint density at radius 2 is 2.62 bits per heavy atom. The first-order valence-corrected chi connectivity index (χ1v) is 4.73. The highest BCUT2D eigenvalue weighted by Gasteiger charge is 2.21. The number of rotatable bonds is 2. The van der Waals surface area contributed by atoms with E-state index in [9.17, 15) is 0 Å². The van der Waals surface area contributed by atoms with Crippen molar-refractivity contribution >= 4 is 17.3 Å². The van der Waals surface area contributed by atoms with Gasteiger partial charge in [-0.2, -0.15) is 0 Å². The monoisotopic (exact) mass is 197 g/mol. The van der Waals surface area contributed by atoms with E-state index < -0.39 is 0 Å². The Kier molecular flexibility index (Phi) is 2.38. The molecule has 1 aromatic heterocycles. The molecule has 2 N–H and O–H groups in total. The first-order chi connectivity index (χ1) is 6.31. The summed E-state index contributed by atoms with van der Waals surface area (Å²) in [4.78, 5) is 4.03. The van der Waals surface area contributed by atoms with Gasteiger partial charge in [-0.25, -0.2) is 4.98 Å². The maximum atomic E-state index is 5.94. The number of pyridine rings is 1. The second kappa shape index (κ2) is 3.52. The van der Waals surface area contributed by atoms with Gasteiger partial charge in [0.15, 0.2) is 5.15 Å². The van der Waals surface area contributed by atoms with Crippen molar-refractivity contribution in [2.45, 2.75) is 12.5 Å². The molecule has 70 valence electrons. The fourth-order valence-electron chi connectivity index (χ4n) is 1.69. The highest BCUT2D eigenvalue weighted by Crippen LogP contribution is 2.30. The third-order valence-corrected chi connectivity index (χ3v) is 2.54. The minimum absolute atomic E-state index is 0.446. The zero-order chi connectivity index (χ0) is 9.26. The summed E-state index contributed by atoms with van der Waals surface area (Å²) >= 11 is 5.94. The molecular formula is C9H12ClN3. The van der Waals surface area contributed by atoms with Crippen molar-refractivity contribution < 1.29 is 0 Å². The molecule has 1 unspecified atom stereocenters. The number of nitrogens with zero attached hydrogens (tertiary/aromatic N) is 1.